The van der Waals surface area contributed by atoms with Gasteiger partial charge >= 0.3 is 4.84 Å². The van der Waals surface area contributed by atoms with Gasteiger partial charge in [0.15, 0.2) is 0 Å². The quantitative estimate of drug-likeness (QED) is 0.782. The van der Waals surface area contributed by atoms with Crippen LogP contribution >= 0.6 is 12.2 Å². The van der Waals surface area contributed by atoms with E-state index in [1.807, 2.05) is 0 Å². The first-order valence-corrected chi connectivity index (χ1v) is 6.13. The molecule has 1 fully saturated rings. The van der Waals surface area contributed by atoms with Crippen molar-refractivity contribution in [2.45, 2.75) is 45.4 Å². The monoisotopic (exact) mass is 226 g/mol. The predicted molar refractivity (Wildman–Crippen MR) is 61.2 cm³/mol. The first kappa shape index (κ1) is 10.9. The van der Waals surface area contributed by atoms with Crippen molar-refractivity contribution >= 4 is 12.2 Å². The van der Waals surface area contributed by atoms with Gasteiger partial charge in [-0.3, -0.25) is 0 Å². The zero-order valence-electron chi connectivity index (χ0n) is 9.32. The molecule has 1 heterocycles. The Labute approximate surface area is 95.3 Å². The maximum Gasteiger partial charge on any atom is 0.314 e. The van der Waals surface area contributed by atoms with Crippen LogP contribution in [-0.4, -0.2) is 10.1 Å². The topological polar surface area (TPSA) is 41.8 Å². The second-order valence-electron chi connectivity index (χ2n) is 4.82. The highest BCUT2D eigenvalue weighted by Crippen LogP contribution is 2.37. The van der Waals surface area contributed by atoms with Gasteiger partial charge in [-0.2, -0.15) is 4.98 Å². The molecule has 0 saturated heterocycles. The number of H-pyrrole nitrogens is 1. The van der Waals surface area contributed by atoms with E-state index < -0.39 is 0 Å². The van der Waals surface area contributed by atoms with Gasteiger partial charge in [0.2, 0.25) is 0 Å². The van der Waals surface area contributed by atoms with E-state index in [0.717, 1.165) is 17.7 Å². The summed E-state index contributed by atoms with van der Waals surface area (Å²) in [6, 6.07) is 0. The van der Waals surface area contributed by atoms with Crippen LogP contribution < -0.4 is 0 Å². The third kappa shape index (κ3) is 2.48. The Kier molecular flexibility index (Phi) is 3.24. The Hall–Kier alpha value is -0.640. The molecule has 1 saturated carbocycles. The fourth-order valence-electron chi connectivity index (χ4n) is 2.47. The fraction of sp³-hybridized carbons (Fsp3) is 0.818. The summed E-state index contributed by atoms with van der Waals surface area (Å²) >= 11 is 4.86. The van der Waals surface area contributed by atoms with Crippen molar-refractivity contribution in [2.75, 3.05) is 0 Å². The highest BCUT2D eigenvalue weighted by molar-refractivity contribution is 7.71. The van der Waals surface area contributed by atoms with Crippen molar-refractivity contribution in [2.24, 2.45) is 11.8 Å². The minimum atomic E-state index is 0.330. The number of hydrogen-bond acceptors (Lipinski definition) is 3. The molecule has 0 spiro atoms. The molecule has 15 heavy (non-hydrogen) atoms. The van der Waals surface area contributed by atoms with Gasteiger partial charge < -0.3 is 4.52 Å². The molecule has 0 aromatic carbocycles. The molecule has 0 radical (unpaired) electrons. The van der Waals surface area contributed by atoms with E-state index in [4.69, 9.17) is 16.7 Å². The third-order valence-electron chi connectivity index (χ3n) is 3.56. The summed E-state index contributed by atoms with van der Waals surface area (Å²) in [7, 11) is 0. The first-order valence-electron chi connectivity index (χ1n) is 5.72. The summed E-state index contributed by atoms with van der Waals surface area (Å²) in [5.74, 6) is 3.17. The zero-order valence-corrected chi connectivity index (χ0v) is 10.1. The van der Waals surface area contributed by atoms with Crippen molar-refractivity contribution < 1.29 is 4.52 Å². The molecule has 1 aromatic heterocycles. The molecule has 4 heteroatoms. The van der Waals surface area contributed by atoms with Gasteiger partial charge in [-0.25, -0.2) is 5.16 Å². The van der Waals surface area contributed by atoms with E-state index in [1.54, 1.807) is 0 Å². The molecule has 0 bridgehead atoms. The minimum absolute atomic E-state index is 0.330. The van der Waals surface area contributed by atoms with Crippen molar-refractivity contribution in [3.63, 3.8) is 0 Å². The van der Waals surface area contributed by atoms with Crippen LogP contribution in [0, 0.1) is 16.7 Å². The standard InChI is InChI=1S/C11H18N2OS/c1-7(2)8-3-5-9(6-4-8)10-12-11(15)14-13-10/h7-9H,3-6H2,1-2H3,(H,12,13,15). The molecule has 3 nitrogen and oxygen atoms in total. The average Bonchev–Trinajstić information content (AvgIpc) is 2.65. The molecule has 1 aliphatic rings. The van der Waals surface area contributed by atoms with Crippen LogP contribution in [0.5, 0.6) is 0 Å². The SMILES string of the molecule is CC(C)C1CCC(c2nc(=S)o[nH]2)CC1. The van der Waals surface area contributed by atoms with Gasteiger partial charge in [0.25, 0.3) is 0 Å². The minimum Gasteiger partial charge on any atom is -0.348 e. The van der Waals surface area contributed by atoms with Crippen molar-refractivity contribution in [1.82, 2.24) is 10.1 Å². The average molecular weight is 226 g/mol. The maximum absolute atomic E-state index is 4.97. The largest absolute Gasteiger partial charge is 0.348 e. The van der Waals surface area contributed by atoms with E-state index >= 15 is 0 Å². The molecule has 1 N–H and O–H groups in total. The zero-order chi connectivity index (χ0) is 10.8. The Balaban J connectivity index is 1.96. The lowest BCUT2D eigenvalue weighted by atomic mass is 9.77. The Morgan fingerprint density at radius 3 is 2.47 bits per heavy atom. The third-order valence-corrected chi connectivity index (χ3v) is 3.73. The molecule has 0 unspecified atom stereocenters. The van der Waals surface area contributed by atoms with Gasteiger partial charge in [-0.1, -0.05) is 13.8 Å². The lowest BCUT2D eigenvalue weighted by molar-refractivity contribution is 0.251. The van der Waals surface area contributed by atoms with Crippen molar-refractivity contribution in [3.8, 4) is 0 Å². The van der Waals surface area contributed by atoms with Crippen LogP contribution in [0.4, 0.5) is 0 Å². The Morgan fingerprint density at radius 1 is 1.33 bits per heavy atom. The number of rotatable bonds is 2. The lowest BCUT2D eigenvalue weighted by Gasteiger charge is -2.29. The number of nitrogens with one attached hydrogen (secondary N) is 1. The second-order valence-corrected chi connectivity index (χ2v) is 5.17. The van der Waals surface area contributed by atoms with Crippen LogP contribution in [0.15, 0.2) is 4.52 Å². The van der Waals surface area contributed by atoms with E-state index in [2.05, 4.69) is 24.0 Å². The van der Waals surface area contributed by atoms with Gasteiger partial charge in [0.1, 0.15) is 5.82 Å². The fourth-order valence-corrected chi connectivity index (χ4v) is 2.61. The van der Waals surface area contributed by atoms with Gasteiger partial charge in [-0.15, -0.1) is 0 Å². The van der Waals surface area contributed by atoms with Crippen LogP contribution in [0.3, 0.4) is 0 Å². The maximum atomic E-state index is 4.97. The van der Waals surface area contributed by atoms with Crippen LogP contribution in [0.25, 0.3) is 0 Å². The smallest absolute Gasteiger partial charge is 0.314 e. The molecular weight excluding hydrogens is 208 g/mol. The Bertz CT molecular complexity index is 361. The van der Waals surface area contributed by atoms with Crippen LogP contribution in [-0.2, 0) is 0 Å². The Morgan fingerprint density at radius 2 is 2.00 bits per heavy atom. The summed E-state index contributed by atoms with van der Waals surface area (Å²) in [5.41, 5.74) is 0. The molecule has 84 valence electrons. The first-order chi connectivity index (χ1) is 7.16. The highest BCUT2D eigenvalue weighted by atomic mass is 32.1. The molecule has 0 aliphatic heterocycles. The van der Waals surface area contributed by atoms with E-state index in [1.165, 1.54) is 25.7 Å². The predicted octanol–water partition coefficient (Wildman–Crippen LogP) is 3.66. The summed E-state index contributed by atoms with van der Waals surface area (Å²) in [6.45, 7) is 4.63. The number of aromatic amines is 1. The normalized spacial score (nSPS) is 27.1. The number of hydrogen-bond donors (Lipinski definition) is 1. The van der Waals surface area contributed by atoms with E-state index in [-0.39, 0.29) is 0 Å². The molecule has 2 rings (SSSR count). The van der Waals surface area contributed by atoms with Gasteiger partial charge in [0, 0.05) is 5.92 Å². The number of nitrogens with zero attached hydrogens (tertiary/aromatic N) is 1. The van der Waals surface area contributed by atoms with E-state index in [9.17, 15) is 0 Å². The summed E-state index contributed by atoms with van der Waals surface area (Å²) in [5, 5.41) is 2.83. The van der Waals surface area contributed by atoms with Gasteiger partial charge in [0.05, 0.1) is 0 Å². The van der Waals surface area contributed by atoms with Crippen molar-refractivity contribution in [1.29, 1.82) is 0 Å². The summed E-state index contributed by atoms with van der Waals surface area (Å²) < 4.78 is 4.97. The van der Waals surface area contributed by atoms with Crippen molar-refractivity contribution in [3.05, 3.63) is 10.7 Å². The molecule has 0 amide bonds. The molecule has 1 aliphatic carbocycles. The highest BCUT2D eigenvalue weighted by Gasteiger charge is 2.25. The molecule has 0 atom stereocenters. The lowest BCUT2D eigenvalue weighted by Crippen LogP contribution is -2.18. The van der Waals surface area contributed by atoms with Gasteiger partial charge in [-0.05, 0) is 49.7 Å². The van der Waals surface area contributed by atoms with Crippen LogP contribution in [0.1, 0.15) is 51.3 Å². The second kappa shape index (κ2) is 4.47. The summed E-state index contributed by atoms with van der Waals surface area (Å²) in [6.07, 6.45) is 5.02. The van der Waals surface area contributed by atoms with E-state index in [0.29, 0.717) is 10.8 Å². The molecule has 1 aromatic rings. The van der Waals surface area contributed by atoms with Crippen LogP contribution in [0.2, 0.25) is 0 Å². The summed E-state index contributed by atoms with van der Waals surface area (Å²) in [4.78, 5) is 4.53. The number of aromatic nitrogens is 2. The molecular formula is C11H18N2OS.